The van der Waals surface area contributed by atoms with Crippen LogP contribution in [0.4, 0.5) is 10.1 Å². The van der Waals surface area contributed by atoms with Crippen LogP contribution in [-0.2, 0) is 22.6 Å². The zero-order valence-corrected chi connectivity index (χ0v) is 17.1. The van der Waals surface area contributed by atoms with E-state index in [-0.39, 0.29) is 13.0 Å². The van der Waals surface area contributed by atoms with E-state index in [0.29, 0.717) is 31.0 Å². The first-order valence-corrected chi connectivity index (χ1v) is 9.15. The maximum atomic E-state index is 13.7. The summed E-state index contributed by atoms with van der Waals surface area (Å²) in [5, 5.41) is 0.449. The van der Waals surface area contributed by atoms with Gasteiger partial charge in [-0.1, -0.05) is 23.7 Å². The molecule has 4 nitrogen and oxygen atoms in total. The molecule has 134 valence electrons. The number of halogens is 4. The van der Waals surface area contributed by atoms with Crippen molar-refractivity contribution in [2.24, 2.45) is 0 Å². The van der Waals surface area contributed by atoms with Gasteiger partial charge in [0.15, 0.2) is 0 Å². The number of alkyl halides is 1. The minimum Gasteiger partial charge on any atom is -0.486 e. The summed E-state index contributed by atoms with van der Waals surface area (Å²) in [4.78, 5) is 11.2. The number of hydrogen-bond acceptors (Lipinski definition) is 4. The van der Waals surface area contributed by atoms with E-state index < -0.39 is 12.1 Å². The molecule has 0 aliphatic heterocycles. The highest BCUT2D eigenvalue weighted by Crippen LogP contribution is 2.36. The lowest BCUT2D eigenvalue weighted by molar-refractivity contribution is -0.146. The maximum absolute atomic E-state index is 13.7. The van der Waals surface area contributed by atoms with Crippen LogP contribution >= 0.6 is 43.5 Å². The fourth-order valence-corrected chi connectivity index (χ4v) is 3.84. The first-order valence-electron chi connectivity index (χ1n) is 7.19. The predicted molar refractivity (Wildman–Crippen MR) is 103 cm³/mol. The highest BCUT2D eigenvalue weighted by atomic mass is 79.9. The van der Waals surface area contributed by atoms with Crippen molar-refractivity contribution in [2.75, 3.05) is 12.8 Å². The SMILES string of the molecule is COC(=O)[C@@H](F)Cc1cc(Br)c(OCc2cccc(N)c2Cl)c(Br)c1. The quantitative estimate of drug-likeness (QED) is 0.449. The number of anilines is 1. The zero-order valence-electron chi connectivity index (χ0n) is 13.2. The second-order valence-corrected chi connectivity index (χ2v) is 7.28. The number of carbonyl (C=O) groups excluding carboxylic acids is 1. The standard InChI is InChI=1S/C17H15Br2ClFNO3/c1-24-17(23)13(21)7-9-5-11(18)16(12(19)6-9)25-8-10-3-2-4-14(22)15(10)20/h2-6,13H,7-8,22H2,1H3/t13-/m0/s1. The van der Waals surface area contributed by atoms with E-state index in [1.54, 1.807) is 24.3 Å². The second kappa shape index (κ2) is 8.87. The van der Waals surface area contributed by atoms with Crippen molar-refractivity contribution in [3.8, 4) is 5.75 Å². The molecular weight excluding hydrogens is 480 g/mol. The zero-order chi connectivity index (χ0) is 18.6. The molecule has 0 aromatic heterocycles. The fourth-order valence-electron chi connectivity index (χ4n) is 2.15. The summed E-state index contributed by atoms with van der Waals surface area (Å²) in [7, 11) is 1.15. The third-order valence-electron chi connectivity index (χ3n) is 3.41. The molecule has 0 bridgehead atoms. The number of esters is 1. The van der Waals surface area contributed by atoms with Gasteiger partial charge in [-0.2, -0.15) is 0 Å². The van der Waals surface area contributed by atoms with Crippen molar-refractivity contribution in [1.82, 2.24) is 0 Å². The van der Waals surface area contributed by atoms with Crippen molar-refractivity contribution in [3.63, 3.8) is 0 Å². The lowest BCUT2D eigenvalue weighted by Crippen LogP contribution is -2.19. The Balaban J connectivity index is 2.14. The number of hydrogen-bond donors (Lipinski definition) is 1. The Labute approximate surface area is 166 Å². The smallest absolute Gasteiger partial charge is 0.340 e. The van der Waals surface area contributed by atoms with E-state index in [0.717, 1.165) is 12.7 Å². The summed E-state index contributed by atoms with van der Waals surface area (Å²) >= 11 is 12.9. The third-order valence-corrected chi connectivity index (χ3v) is 5.05. The highest BCUT2D eigenvalue weighted by molar-refractivity contribution is 9.11. The predicted octanol–water partition coefficient (Wildman–Crippen LogP) is 5.08. The summed E-state index contributed by atoms with van der Waals surface area (Å²) in [5.41, 5.74) is 7.62. The van der Waals surface area contributed by atoms with Crippen LogP contribution in [0.5, 0.6) is 5.75 Å². The average molecular weight is 496 g/mol. The lowest BCUT2D eigenvalue weighted by atomic mass is 10.1. The van der Waals surface area contributed by atoms with Gasteiger partial charge in [0, 0.05) is 12.0 Å². The first kappa shape index (κ1) is 20.0. The third kappa shape index (κ3) is 5.09. The summed E-state index contributed by atoms with van der Waals surface area (Å²) in [6.45, 7) is 0.217. The number of benzene rings is 2. The largest absolute Gasteiger partial charge is 0.486 e. The minimum atomic E-state index is -1.72. The molecule has 2 aromatic rings. The second-order valence-electron chi connectivity index (χ2n) is 5.19. The van der Waals surface area contributed by atoms with Crippen molar-refractivity contribution in [2.45, 2.75) is 19.2 Å². The molecule has 0 heterocycles. The lowest BCUT2D eigenvalue weighted by Gasteiger charge is -2.14. The van der Waals surface area contributed by atoms with Gasteiger partial charge in [-0.15, -0.1) is 0 Å². The van der Waals surface area contributed by atoms with Crippen LogP contribution in [-0.4, -0.2) is 19.3 Å². The number of carbonyl (C=O) groups is 1. The van der Waals surface area contributed by atoms with Crippen molar-refractivity contribution < 1.29 is 18.7 Å². The number of nitrogens with two attached hydrogens (primary N) is 1. The van der Waals surface area contributed by atoms with Crippen molar-refractivity contribution in [1.29, 1.82) is 0 Å². The van der Waals surface area contributed by atoms with Gasteiger partial charge in [-0.25, -0.2) is 9.18 Å². The van der Waals surface area contributed by atoms with Crippen LogP contribution in [0.15, 0.2) is 39.3 Å². The van der Waals surface area contributed by atoms with E-state index in [2.05, 4.69) is 36.6 Å². The topological polar surface area (TPSA) is 61.5 Å². The fraction of sp³-hybridized carbons (Fsp3) is 0.235. The molecule has 0 amide bonds. The molecule has 1 atom stereocenters. The Morgan fingerprint density at radius 2 is 1.96 bits per heavy atom. The van der Waals surface area contributed by atoms with Gasteiger partial charge in [0.05, 0.1) is 26.8 Å². The number of rotatable bonds is 6. The van der Waals surface area contributed by atoms with E-state index in [4.69, 9.17) is 22.1 Å². The van der Waals surface area contributed by atoms with Gasteiger partial charge in [-0.05, 0) is 55.6 Å². The molecule has 0 saturated heterocycles. The summed E-state index contributed by atoms with van der Waals surface area (Å²) in [6, 6.07) is 8.70. The van der Waals surface area contributed by atoms with E-state index in [1.807, 2.05) is 6.07 Å². The summed E-state index contributed by atoms with van der Waals surface area (Å²) < 4.78 is 25.2. The van der Waals surface area contributed by atoms with Crippen LogP contribution in [0, 0.1) is 0 Å². The van der Waals surface area contributed by atoms with Gasteiger partial charge < -0.3 is 15.2 Å². The van der Waals surface area contributed by atoms with Gasteiger partial charge in [0.2, 0.25) is 6.17 Å². The molecule has 0 fully saturated rings. The molecule has 2 rings (SSSR count). The Bertz CT molecular complexity index is 765. The van der Waals surface area contributed by atoms with E-state index in [1.165, 1.54) is 0 Å². The van der Waals surface area contributed by atoms with Gasteiger partial charge in [0.1, 0.15) is 12.4 Å². The Morgan fingerprint density at radius 1 is 1.32 bits per heavy atom. The minimum absolute atomic E-state index is 0.0921. The normalized spacial score (nSPS) is 11.9. The monoisotopic (exact) mass is 493 g/mol. The maximum Gasteiger partial charge on any atom is 0.340 e. The molecule has 0 aliphatic rings. The van der Waals surface area contributed by atoms with Crippen LogP contribution in [0.2, 0.25) is 5.02 Å². The van der Waals surface area contributed by atoms with Crippen LogP contribution < -0.4 is 10.5 Å². The van der Waals surface area contributed by atoms with Crippen molar-refractivity contribution in [3.05, 3.63) is 55.4 Å². The van der Waals surface area contributed by atoms with Crippen molar-refractivity contribution >= 4 is 55.1 Å². The average Bonchev–Trinajstić information content (AvgIpc) is 2.56. The highest BCUT2D eigenvalue weighted by Gasteiger charge is 2.20. The van der Waals surface area contributed by atoms with Gasteiger partial charge in [-0.3, -0.25) is 0 Å². The first-order chi connectivity index (χ1) is 11.8. The molecule has 0 aliphatic carbocycles. The summed E-state index contributed by atoms with van der Waals surface area (Å²) in [5.74, 6) is -0.361. The van der Waals surface area contributed by atoms with E-state index >= 15 is 0 Å². The van der Waals surface area contributed by atoms with Crippen LogP contribution in [0.1, 0.15) is 11.1 Å². The molecule has 0 unspecified atom stereocenters. The van der Waals surface area contributed by atoms with Gasteiger partial charge >= 0.3 is 5.97 Å². The number of ether oxygens (including phenoxy) is 2. The molecule has 8 heteroatoms. The molecule has 0 spiro atoms. The number of methoxy groups -OCH3 is 1. The molecule has 0 saturated carbocycles. The van der Waals surface area contributed by atoms with Crippen LogP contribution in [0.3, 0.4) is 0 Å². The molecule has 0 radical (unpaired) electrons. The van der Waals surface area contributed by atoms with Gasteiger partial charge in [0.25, 0.3) is 0 Å². The number of nitrogen functional groups attached to an aromatic ring is 1. The van der Waals surface area contributed by atoms with E-state index in [9.17, 15) is 9.18 Å². The Kier molecular flexibility index (Phi) is 7.10. The Hall–Kier alpha value is -1.31. The molecule has 2 N–H and O–H groups in total. The summed E-state index contributed by atoms with van der Waals surface area (Å²) in [6.07, 6.45) is -1.81. The van der Waals surface area contributed by atoms with Crippen LogP contribution in [0.25, 0.3) is 0 Å². The molecule has 2 aromatic carbocycles. The molecular formula is C17H15Br2ClFNO3. The Morgan fingerprint density at radius 3 is 2.56 bits per heavy atom. The molecule has 25 heavy (non-hydrogen) atoms.